The minimum Gasteiger partial charge on any atom is -0.478 e. The summed E-state index contributed by atoms with van der Waals surface area (Å²) in [6, 6.07) is 9.18. The van der Waals surface area contributed by atoms with Crippen molar-refractivity contribution in [2.75, 3.05) is 20.8 Å². The monoisotopic (exact) mass is 355 g/mol. The van der Waals surface area contributed by atoms with Gasteiger partial charge in [0.25, 0.3) is 0 Å². The number of carbonyl (C=O) groups excluding carboxylic acids is 1. The van der Waals surface area contributed by atoms with E-state index in [1.165, 1.54) is 7.11 Å². The molecule has 7 heteroatoms. The smallest absolute Gasteiger partial charge is 0.338 e. The number of aromatic nitrogens is 2. The Morgan fingerprint density at radius 1 is 1.35 bits per heavy atom. The topological polar surface area (TPSA) is 76.9 Å². The van der Waals surface area contributed by atoms with Crippen molar-refractivity contribution in [2.24, 2.45) is 0 Å². The van der Waals surface area contributed by atoms with Crippen LogP contribution in [-0.4, -0.2) is 41.8 Å². The molecule has 26 heavy (non-hydrogen) atoms. The number of allylic oxidation sites excluding steroid dienone is 1. The molecule has 0 saturated carbocycles. The number of carbonyl (C=O) groups is 1. The lowest BCUT2D eigenvalue weighted by Gasteiger charge is -2.16. The Kier molecular flexibility index (Phi) is 5.01. The second-order valence-electron chi connectivity index (χ2n) is 5.62. The van der Waals surface area contributed by atoms with Crippen molar-refractivity contribution < 1.29 is 19.1 Å². The van der Waals surface area contributed by atoms with Crippen LogP contribution < -0.4 is 4.74 Å². The van der Waals surface area contributed by atoms with Gasteiger partial charge in [-0.15, -0.1) is 5.06 Å². The molecule has 2 unspecified atom stereocenters. The standard InChI is InChI=1S/C19H21N3O4/c1-5-13(17(23)24-4)14-9-7-8-10-15(14)19(22(3)26-19)18-20-12-11-16(21-18)25-6-2/h5,7-12H,6H2,1-4H3/b13-5+. The molecule has 1 aromatic carbocycles. The number of hydrogen-bond donors (Lipinski definition) is 0. The average molecular weight is 355 g/mol. The average Bonchev–Trinajstić information content (AvgIpc) is 3.35. The van der Waals surface area contributed by atoms with Crippen molar-refractivity contribution in [3.63, 3.8) is 0 Å². The molecule has 3 rings (SSSR count). The summed E-state index contributed by atoms with van der Waals surface area (Å²) in [5.74, 6) is 0.499. The molecule has 2 aromatic rings. The largest absolute Gasteiger partial charge is 0.478 e. The highest BCUT2D eigenvalue weighted by Crippen LogP contribution is 2.49. The first-order chi connectivity index (χ1) is 12.6. The molecule has 0 bridgehead atoms. The Balaban J connectivity index is 2.13. The summed E-state index contributed by atoms with van der Waals surface area (Å²) in [6.45, 7) is 4.18. The highest BCUT2D eigenvalue weighted by atomic mass is 16.9. The molecule has 1 fully saturated rings. The zero-order chi connectivity index (χ0) is 18.7. The van der Waals surface area contributed by atoms with Gasteiger partial charge in [0.15, 0.2) is 5.82 Å². The van der Waals surface area contributed by atoms with E-state index in [4.69, 9.17) is 14.3 Å². The van der Waals surface area contributed by atoms with Crippen molar-refractivity contribution >= 4 is 11.5 Å². The number of hydrogen-bond acceptors (Lipinski definition) is 7. The molecule has 0 amide bonds. The number of methoxy groups -OCH3 is 1. The van der Waals surface area contributed by atoms with E-state index in [9.17, 15) is 4.79 Å². The maximum Gasteiger partial charge on any atom is 0.338 e. The molecule has 1 saturated heterocycles. The Bertz CT molecular complexity index is 852. The van der Waals surface area contributed by atoms with Crippen LogP contribution in [0.15, 0.2) is 42.6 Å². The molecular weight excluding hydrogens is 334 g/mol. The van der Waals surface area contributed by atoms with Gasteiger partial charge in [-0.25, -0.2) is 9.78 Å². The van der Waals surface area contributed by atoms with E-state index >= 15 is 0 Å². The molecule has 7 nitrogen and oxygen atoms in total. The third kappa shape index (κ3) is 2.95. The summed E-state index contributed by atoms with van der Waals surface area (Å²) in [6.07, 6.45) is 3.35. The quantitative estimate of drug-likeness (QED) is 0.448. The summed E-state index contributed by atoms with van der Waals surface area (Å²) in [5, 5.41) is 1.65. The lowest BCUT2D eigenvalue weighted by Crippen LogP contribution is -2.22. The van der Waals surface area contributed by atoms with Gasteiger partial charge in [0.1, 0.15) is 0 Å². The van der Waals surface area contributed by atoms with E-state index in [2.05, 4.69) is 9.97 Å². The van der Waals surface area contributed by atoms with Crippen LogP contribution in [0, 0.1) is 0 Å². The summed E-state index contributed by atoms with van der Waals surface area (Å²) >= 11 is 0. The first kappa shape index (κ1) is 18.0. The van der Waals surface area contributed by atoms with Gasteiger partial charge in [0, 0.05) is 24.9 Å². The third-order valence-electron chi connectivity index (χ3n) is 4.18. The van der Waals surface area contributed by atoms with Crippen LogP contribution in [0.1, 0.15) is 30.8 Å². The van der Waals surface area contributed by atoms with Gasteiger partial charge in [-0.05, 0) is 19.4 Å². The van der Waals surface area contributed by atoms with Crippen molar-refractivity contribution in [1.29, 1.82) is 0 Å². The predicted molar refractivity (Wildman–Crippen MR) is 94.9 cm³/mol. The minimum absolute atomic E-state index is 0.414. The van der Waals surface area contributed by atoms with Crippen LogP contribution in [0.3, 0.4) is 0 Å². The van der Waals surface area contributed by atoms with Crippen molar-refractivity contribution in [1.82, 2.24) is 15.0 Å². The van der Waals surface area contributed by atoms with Crippen LogP contribution >= 0.6 is 0 Å². The molecule has 0 N–H and O–H groups in total. The number of benzene rings is 1. The first-order valence-electron chi connectivity index (χ1n) is 8.32. The SMILES string of the molecule is C/C=C(/C(=O)OC)c1ccccc1C1(c2nccc(OCC)n2)ON1C. The van der Waals surface area contributed by atoms with E-state index in [1.54, 1.807) is 37.4 Å². The fraction of sp³-hybridized carbons (Fsp3) is 0.316. The fourth-order valence-corrected chi connectivity index (χ4v) is 2.94. The van der Waals surface area contributed by atoms with Gasteiger partial charge < -0.3 is 9.47 Å². The summed E-state index contributed by atoms with van der Waals surface area (Å²) < 4.78 is 10.4. The second-order valence-corrected chi connectivity index (χ2v) is 5.62. The molecule has 2 heterocycles. The second kappa shape index (κ2) is 7.23. The van der Waals surface area contributed by atoms with Gasteiger partial charge in [-0.3, -0.25) is 4.84 Å². The Labute approximate surface area is 152 Å². The zero-order valence-corrected chi connectivity index (χ0v) is 15.2. The number of hydroxylamine groups is 2. The third-order valence-corrected chi connectivity index (χ3v) is 4.18. The van der Waals surface area contributed by atoms with Crippen molar-refractivity contribution in [2.45, 2.75) is 19.6 Å². The van der Waals surface area contributed by atoms with Gasteiger partial charge in [-0.2, -0.15) is 4.98 Å². The number of esters is 1. The molecule has 0 spiro atoms. The van der Waals surface area contributed by atoms with Gasteiger partial charge in [0.2, 0.25) is 11.6 Å². The Hall–Kier alpha value is -2.77. The van der Waals surface area contributed by atoms with Gasteiger partial charge >= 0.3 is 5.97 Å². The van der Waals surface area contributed by atoms with Crippen molar-refractivity contribution in [3.8, 4) is 5.88 Å². The van der Waals surface area contributed by atoms with Gasteiger partial charge in [-0.1, -0.05) is 30.3 Å². The minimum atomic E-state index is -0.980. The van der Waals surface area contributed by atoms with E-state index in [0.29, 0.717) is 29.4 Å². The molecule has 0 radical (unpaired) electrons. The van der Waals surface area contributed by atoms with E-state index in [-0.39, 0.29) is 0 Å². The van der Waals surface area contributed by atoms with Crippen molar-refractivity contribution in [3.05, 3.63) is 59.6 Å². The van der Waals surface area contributed by atoms with E-state index in [1.807, 2.05) is 31.2 Å². The molecule has 2 atom stereocenters. The van der Waals surface area contributed by atoms with E-state index < -0.39 is 11.7 Å². The zero-order valence-electron chi connectivity index (χ0n) is 15.2. The van der Waals surface area contributed by atoms with E-state index in [0.717, 1.165) is 5.56 Å². The maximum absolute atomic E-state index is 12.2. The summed E-state index contributed by atoms with van der Waals surface area (Å²) in [7, 11) is 3.15. The van der Waals surface area contributed by atoms with Crippen LogP contribution in [0.2, 0.25) is 0 Å². The Morgan fingerprint density at radius 3 is 2.69 bits per heavy atom. The number of ether oxygens (including phenoxy) is 2. The normalized spacial score (nSPS) is 22.0. The lowest BCUT2D eigenvalue weighted by atomic mass is 9.92. The van der Waals surface area contributed by atoms with Crippen LogP contribution in [0.5, 0.6) is 5.88 Å². The fourth-order valence-electron chi connectivity index (χ4n) is 2.94. The Morgan fingerprint density at radius 2 is 2.08 bits per heavy atom. The van der Waals surface area contributed by atoms with Crippen LogP contribution in [-0.2, 0) is 20.1 Å². The molecule has 1 aromatic heterocycles. The van der Waals surface area contributed by atoms with Crippen LogP contribution in [0.25, 0.3) is 5.57 Å². The molecule has 1 aliphatic heterocycles. The van der Waals surface area contributed by atoms with Gasteiger partial charge in [0.05, 0.1) is 19.3 Å². The molecule has 0 aliphatic carbocycles. The number of rotatable bonds is 6. The maximum atomic E-state index is 12.2. The number of nitrogens with zero attached hydrogens (tertiary/aromatic N) is 3. The summed E-state index contributed by atoms with van der Waals surface area (Å²) in [5.41, 5.74) is 0.935. The predicted octanol–water partition coefficient (Wildman–Crippen LogP) is 2.53. The highest BCUT2D eigenvalue weighted by molar-refractivity contribution is 6.16. The first-order valence-corrected chi connectivity index (χ1v) is 8.32. The highest BCUT2D eigenvalue weighted by Gasteiger charge is 2.60. The lowest BCUT2D eigenvalue weighted by molar-refractivity contribution is -0.133. The summed E-state index contributed by atoms with van der Waals surface area (Å²) in [4.78, 5) is 26.9. The molecule has 136 valence electrons. The molecule has 1 aliphatic rings. The molecular formula is C19H21N3O4. The van der Waals surface area contributed by atoms with Crippen LogP contribution in [0.4, 0.5) is 0 Å².